The SMILES string of the molecule is Cc1nc2ccc(C#N)cn2c(=O)c1CCN1C[C@H]2COc3ccc4ccccc4c3[C@H]2C1.O=C(O)/C=C/C(=O)O. The molecular formula is C31H28N4O6. The number of fused-ring (bicyclic) bond motifs is 6. The fourth-order valence-electron chi connectivity index (χ4n) is 5.67. The van der Waals surface area contributed by atoms with Gasteiger partial charge in [-0.1, -0.05) is 30.3 Å². The van der Waals surface area contributed by atoms with Crippen molar-refractivity contribution in [3.05, 3.63) is 99.6 Å². The molecule has 6 rings (SSSR count). The monoisotopic (exact) mass is 552 g/mol. The minimum absolute atomic E-state index is 0.0779. The van der Waals surface area contributed by atoms with E-state index in [2.05, 4.69) is 52.4 Å². The minimum atomic E-state index is -1.26. The number of benzene rings is 2. The van der Waals surface area contributed by atoms with Crippen LogP contribution in [0.25, 0.3) is 16.4 Å². The molecule has 1 fully saturated rings. The van der Waals surface area contributed by atoms with Crippen LogP contribution in [0.1, 0.15) is 28.3 Å². The topological polar surface area (TPSA) is 145 Å². The van der Waals surface area contributed by atoms with Crippen LogP contribution in [0.4, 0.5) is 0 Å². The molecule has 0 unspecified atom stereocenters. The Morgan fingerprint density at radius 1 is 1.10 bits per heavy atom. The second-order valence-corrected chi connectivity index (χ2v) is 10.1. The predicted molar refractivity (Wildman–Crippen MR) is 151 cm³/mol. The van der Waals surface area contributed by atoms with Gasteiger partial charge in [0.25, 0.3) is 5.56 Å². The third-order valence-corrected chi connectivity index (χ3v) is 7.57. The van der Waals surface area contributed by atoms with Gasteiger partial charge in [0.2, 0.25) is 0 Å². The highest BCUT2D eigenvalue weighted by molar-refractivity contribution is 5.90. The maximum absolute atomic E-state index is 13.2. The van der Waals surface area contributed by atoms with Crippen LogP contribution in [0, 0.1) is 24.2 Å². The second kappa shape index (κ2) is 11.6. The van der Waals surface area contributed by atoms with Gasteiger partial charge in [0.05, 0.1) is 12.2 Å². The van der Waals surface area contributed by atoms with Gasteiger partial charge in [-0.15, -0.1) is 0 Å². The number of hydrogen-bond donors (Lipinski definition) is 2. The summed E-state index contributed by atoms with van der Waals surface area (Å²) in [5.41, 5.74) is 3.77. The predicted octanol–water partition coefficient (Wildman–Crippen LogP) is 3.39. The molecular weight excluding hydrogens is 524 g/mol. The number of hydrogen-bond acceptors (Lipinski definition) is 7. The number of carboxylic acids is 2. The van der Waals surface area contributed by atoms with E-state index in [0.29, 0.717) is 41.6 Å². The van der Waals surface area contributed by atoms with E-state index in [4.69, 9.17) is 14.9 Å². The zero-order valence-corrected chi connectivity index (χ0v) is 22.4. The highest BCUT2D eigenvalue weighted by atomic mass is 16.5. The molecule has 0 saturated carbocycles. The lowest BCUT2D eigenvalue weighted by Crippen LogP contribution is -2.28. The highest BCUT2D eigenvalue weighted by Gasteiger charge is 2.39. The summed E-state index contributed by atoms with van der Waals surface area (Å²) in [6, 6.07) is 18.3. The molecule has 2 aliphatic rings. The first-order valence-corrected chi connectivity index (χ1v) is 13.2. The van der Waals surface area contributed by atoms with Gasteiger partial charge < -0.3 is 19.8 Å². The quantitative estimate of drug-likeness (QED) is 0.356. The lowest BCUT2D eigenvalue weighted by atomic mass is 9.84. The van der Waals surface area contributed by atoms with Crippen molar-refractivity contribution >= 4 is 28.4 Å². The Hall–Kier alpha value is -5.01. The fraction of sp³-hybridized carbons (Fsp3) is 0.258. The summed E-state index contributed by atoms with van der Waals surface area (Å²) >= 11 is 0. The van der Waals surface area contributed by atoms with E-state index in [9.17, 15) is 19.6 Å². The van der Waals surface area contributed by atoms with Crippen LogP contribution in [0.3, 0.4) is 0 Å². The number of pyridine rings is 1. The number of aromatic nitrogens is 2. The molecule has 10 nitrogen and oxygen atoms in total. The van der Waals surface area contributed by atoms with Crippen LogP contribution in [0.15, 0.2) is 71.7 Å². The zero-order chi connectivity index (χ0) is 29.1. The zero-order valence-electron chi connectivity index (χ0n) is 22.4. The molecule has 10 heteroatoms. The molecule has 4 aromatic rings. The summed E-state index contributed by atoms with van der Waals surface area (Å²) in [4.78, 5) is 39.3. The minimum Gasteiger partial charge on any atom is -0.493 e. The number of likely N-dealkylation sites (tertiary alicyclic amines) is 1. The average Bonchev–Trinajstić information content (AvgIpc) is 3.39. The van der Waals surface area contributed by atoms with Gasteiger partial charge >= 0.3 is 11.9 Å². The van der Waals surface area contributed by atoms with E-state index in [1.54, 1.807) is 18.3 Å². The van der Waals surface area contributed by atoms with Crippen LogP contribution in [-0.4, -0.2) is 62.7 Å². The molecule has 4 heterocycles. The molecule has 2 aromatic heterocycles. The van der Waals surface area contributed by atoms with Crippen molar-refractivity contribution in [2.75, 3.05) is 26.2 Å². The standard InChI is InChI=1S/C27H24N4O2.C4H4O4/c1-17-21(27(32)31-13-18(12-28)6-9-25(31)29-17)10-11-30-14-20-16-33-24-8-7-19-4-2-3-5-22(19)26(24)23(20)15-30;5-3(6)1-2-4(7)8/h2-9,13,20,23H,10-11,14-16H2,1H3;1-2H,(H,5,6)(H,7,8)/b;2-1+/t20-,23-;/m0./s1. The molecule has 0 spiro atoms. The maximum atomic E-state index is 13.2. The first-order valence-electron chi connectivity index (χ1n) is 13.2. The summed E-state index contributed by atoms with van der Waals surface area (Å²) in [5, 5.41) is 27.4. The third kappa shape index (κ3) is 5.81. The van der Waals surface area contributed by atoms with Gasteiger partial charge in [0.15, 0.2) is 0 Å². The van der Waals surface area contributed by atoms with E-state index in [1.807, 2.05) is 6.92 Å². The summed E-state index contributed by atoms with van der Waals surface area (Å²) in [7, 11) is 0. The van der Waals surface area contributed by atoms with Crippen LogP contribution >= 0.6 is 0 Å². The Labute approximate surface area is 235 Å². The summed E-state index contributed by atoms with van der Waals surface area (Å²) in [6.45, 7) is 5.37. The molecule has 2 N–H and O–H groups in total. The van der Waals surface area contributed by atoms with Crippen LogP contribution in [-0.2, 0) is 16.0 Å². The number of rotatable bonds is 5. The molecule has 0 amide bonds. The van der Waals surface area contributed by atoms with E-state index < -0.39 is 11.9 Å². The van der Waals surface area contributed by atoms with Gasteiger partial charge in [-0.25, -0.2) is 14.6 Å². The van der Waals surface area contributed by atoms with Crippen molar-refractivity contribution in [2.24, 2.45) is 5.92 Å². The number of aliphatic carboxylic acids is 2. The van der Waals surface area contributed by atoms with Crippen molar-refractivity contribution in [3.63, 3.8) is 0 Å². The van der Waals surface area contributed by atoms with Crippen molar-refractivity contribution in [1.82, 2.24) is 14.3 Å². The Kier molecular flexibility index (Phi) is 7.81. The van der Waals surface area contributed by atoms with Crippen molar-refractivity contribution < 1.29 is 24.5 Å². The smallest absolute Gasteiger partial charge is 0.328 e. The van der Waals surface area contributed by atoms with Gasteiger partial charge in [-0.05, 0) is 42.3 Å². The van der Waals surface area contributed by atoms with Crippen molar-refractivity contribution in [1.29, 1.82) is 5.26 Å². The molecule has 0 radical (unpaired) electrons. The lowest BCUT2D eigenvalue weighted by molar-refractivity contribution is -0.134. The number of carboxylic acid groups (broad SMARTS) is 2. The number of nitrogens with zero attached hydrogens (tertiary/aromatic N) is 4. The van der Waals surface area contributed by atoms with Crippen LogP contribution in [0.5, 0.6) is 5.75 Å². The second-order valence-electron chi connectivity index (χ2n) is 10.1. The summed E-state index contributed by atoms with van der Waals surface area (Å²) in [6.07, 6.45) is 3.34. The highest BCUT2D eigenvalue weighted by Crippen LogP contribution is 2.45. The van der Waals surface area contributed by atoms with Gasteiger partial charge in [-0.2, -0.15) is 5.26 Å². The molecule has 0 aliphatic carbocycles. The van der Waals surface area contributed by atoms with E-state index >= 15 is 0 Å². The first-order chi connectivity index (χ1) is 19.7. The Bertz CT molecular complexity index is 1770. The number of ether oxygens (including phenoxy) is 1. The number of carbonyl (C=O) groups is 2. The lowest BCUT2D eigenvalue weighted by Gasteiger charge is -2.29. The molecule has 208 valence electrons. The Morgan fingerprint density at radius 3 is 2.59 bits per heavy atom. The molecule has 2 atom stereocenters. The normalized spacial score (nSPS) is 17.8. The molecule has 0 bridgehead atoms. The van der Waals surface area contributed by atoms with E-state index in [1.165, 1.54) is 20.7 Å². The number of aryl methyl sites for hydroxylation is 1. The fourth-order valence-corrected chi connectivity index (χ4v) is 5.67. The molecule has 41 heavy (non-hydrogen) atoms. The largest absolute Gasteiger partial charge is 0.493 e. The molecule has 2 aromatic carbocycles. The van der Waals surface area contributed by atoms with Gasteiger partial charge in [0, 0.05) is 66.6 Å². The molecule has 1 saturated heterocycles. The van der Waals surface area contributed by atoms with Gasteiger partial charge in [0.1, 0.15) is 17.5 Å². The Balaban J connectivity index is 0.000000372. The van der Waals surface area contributed by atoms with Crippen LogP contribution in [0.2, 0.25) is 0 Å². The average molecular weight is 553 g/mol. The first kappa shape index (κ1) is 27.6. The van der Waals surface area contributed by atoms with Gasteiger partial charge in [-0.3, -0.25) is 9.20 Å². The summed E-state index contributed by atoms with van der Waals surface area (Å²) < 4.78 is 7.65. The van der Waals surface area contributed by atoms with E-state index in [-0.39, 0.29) is 5.56 Å². The van der Waals surface area contributed by atoms with Crippen molar-refractivity contribution in [2.45, 2.75) is 19.3 Å². The maximum Gasteiger partial charge on any atom is 0.328 e. The summed E-state index contributed by atoms with van der Waals surface area (Å²) in [5.74, 6) is -0.605. The van der Waals surface area contributed by atoms with E-state index in [0.717, 1.165) is 43.2 Å². The van der Waals surface area contributed by atoms with Crippen LogP contribution < -0.4 is 10.3 Å². The third-order valence-electron chi connectivity index (χ3n) is 7.57. The number of nitriles is 1. The van der Waals surface area contributed by atoms with Crippen molar-refractivity contribution in [3.8, 4) is 11.8 Å². The molecule has 2 aliphatic heterocycles. The Morgan fingerprint density at radius 2 is 1.85 bits per heavy atom.